The summed E-state index contributed by atoms with van der Waals surface area (Å²) in [6.45, 7) is 3.42. The monoisotopic (exact) mass is 581 g/mol. The van der Waals surface area contributed by atoms with Crippen LogP contribution in [0.2, 0.25) is 0 Å². The average molecular weight is 582 g/mol. The van der Waals surface area contributed by atoms with Crippen LogP contribution in [0.25, 0.3) is 0 Å². The normalized spacial score (nSPS) is 12.5. The number of para-hydroxylation sites is 2. The summed E-state index contributed by atoms with van der Waals surface area (Å²) in [5, 5.41) is 15.9. The molecule has 38 heavy (non-hydrogen) atoms. The van der Waals surface area contributed by atoms with E-state index in [4.69, 9.17) is 15.2 Å². The zero-order valence-corrected chi connectivity index (χ0v) is 22.4. The Morgan fingerprint density at radius 2 is 1.76 bits per heavy atom. The second kappa shape index (κ2) is 13.4. The number of phenols is 1. The van der Waals surface area contributed by atoms with Gasteiger partial charge in [-0.05, 0) is 74.5 Å². The van der Waals surface area contributed by atoms with Gasteiger partial charge in [-0.2, -0.15) is 0 Å². The number of carbonyl (C=O) groups is 3. The van der Waals surface area contributed by atoms with Crippen molar-refractivity contribution < 1.29 is 29.0 Å². The molecule has 0 spiro atoms. The first-order chi connectivity index (χ1) is 18.2. The van der Waals surface area contributed by atoms with E-state index in [1.54, 1.807) is 67.6 Å². The van der Waals surface area contributed by atoms with E-state index in [1.807, 2.05) is 0 Å². The molecule has 0 saturated carbocycles. The number of hydrogen-bond donors (Lipinski definition) is 4. The molecule has 3 aromatic rings. The Labute approximate surface area is 228 Å². The number of hydrogen-bond acceptors (Lipinski definition) is 7. The highest BCUT2D eigenvalue weighted by atomic mass is 79.9. The van der Waals surface area contributed by atoms with Crippen LogP contribution in [-0.4, -0.2) is 35.6 Å². The van der Waals surface area contributed by atoms with E-state index >= 15 is 0 Å². The van der Waals surface area contributed by atoms with Gasteiger partial charge in [-0.25, -0.2) is 4.79 Å². The lowest BCUT2D eigenvalue weighted by Crippen LogP contribution is -2.28. The van der Waals surface area contributed by atoms with Crippen LogP contribution < -0.4 is 16.4 Å². The predicted molar refractivity (Wildman–Crippen MR) is 149 cm³/mol. The summed E-state index contributed by atoms with van der Waals surface area (Å²) >= 11 is 3.37. The smallest absolute Gasteiger partial charge is 0.412 e. The van der Waals surface area contributed by atoms with Gasteiger partial charge in [-0.15, -0.1) is 0 Å². The number of nitrogen functional groups attached to an aromatic ring is 1. The molecule has 9 nitrogen and oxygen atoms in total. The molecule has 0 aliphatic heterocycles. The van der Waals surface area contributed by atoms with Gasteiger partial charge in [-0.3, -0.25) is 14.9 Å². The number of aromatic hydroxyl groups is 1. The van der Waals surface area contributed by atoms with Crippen molar-refractivity contribution >= 4 is 50.8 Å². The van der Waals surface area contributed by atoms with Crippen molar-refractivity contribution in [3.8, 4) is 5.75 Å². The Hall–Kier alpha value is -4.15. The topological polar surface area (TPSA) is 140 Å². The minimum Gasteiger partial charge on any atom is -0.508 e. The second-order valence-corrected chi connectivity index (χ2v) is 9.06. The van der Waals surface area contributed by atoms with Gasteiger partial charge < -0.3 is 25.6 Å². The lowest BCUT2D eigenvalue weighted by molar-refractivity contribution is -0.112. The summed E-state index contributed by atoms with van der Waals surface area (Å²) in [4.78, 5) is 37.0. The third-order valence-corrected chi connectivity index (χ3v) is 5.87. The van der Waals surface area contributed by atoms with Crippen LogP contribution in [0.4, 0.5) is 21.9 Å². The molecule has 10 heteroatoms. The number of benzene rings is 3. The van der Waals surface area contributed by atoms with Crippen molar-refractivity contribution in [3.63, 3.8) is 0 Å². The van der Waals surface area contributed by atoms with Gasteiger partial charge >= 0.3 is 6.09 Å². The van der Waals surface area contributed by atoms with Crippen molar-refractivity contribution in [1.29, 1.82) is 0 Å². The zero-order valence-electron chi connectivity index (χ0n) is 20.8. The summed E-state index contributed by atoms with van der Waals surface area (Å²) in [7, 11) is 0. The number of phenolic OH excluding ortho intramolecular Hbond substituents is 1. The number of nitrogens with two attached hydrogens (primary N) is 1. The molecule has 0 radical (unpaired) electrons. The second-order valence-electron chi connectivity index (χ2n) is 8.14. The molecule has 2 atom stereocenters. The highest BCUT2D eigenvalue weighted by Gasteiger charge is 2.29. The van der Waals surface area contributed by atoms with Crippen LogP contribution in [0.1, 0.15) is 35.9 Å². The predicted octanol–water partition coefficient (Wildman–Crippen LogP) is 5.83. The number of carbonyl (C=O) groups excluding carboxylic acids is 3. The van der Waals surface area contributed by atoms with E-state index in [0.717, 1.165) is 0 Å². The minimum atomic E-state index is -1.13. The quantitative estimate of drug-likeness (QED) is 0.134. The lowest BCUT2D eigenvalue weighted by atomic mass is 10.0. The number of Topliss-reactive ketones (excluding diaryl/α,β-unsaturated/α-hetero) is 1. The molecule has 5 N–H and O–H groups in total. The van der Waals surface area contributed by atoms with E-state index in [-0.39, 0.29) is 23.7 Å². The maximum Gasteiger partial charge on any atom is 0.412 e. The standard InChI is InChI=1S/C28H28BrN3O6/c1-3-37-25(14-15-26(35)32-23-7-5-4-6-22(23)30)27(21-16-19(29)10-13-24(21)34)38-28(36)31-20-11-8-18(9-12-20)17(2)33/h4-16,25,27,34H,3,30H2,1-2H3,(H,31,36)(H,32,35)/b15-14+/t25-,27-/m0/s1. The number of ketones is 1. The Morgan fingerprint density at radius 3 is 2.42 bits per heavy atom. The lowest BCUT2D eigenvalue weighted by Gasteiger charge is -2.26. The van der Waals surface area contributed by atoms with E-state index in [2.05, 4.69) is 26.6 Å². The third kappa shape index (κ3) is 7.92. The number of nitrogens with one attached hydrogen (secondary N) is 2. The maximum absolute atomic E-state index is 12.9. The summed E-state index contributed by atoms with van der Waals surface area (Å²) < 4.78 is 12.2. The highest BCUT2D eigenvalue weighted by molar-refractivity contribution is 9.10. The SMILES string of the molecule is CCO[C@@H](/C=C/C(=O)Nc1ccccc1N)[C@@H](OC(=O)Nc1ccc(C(C)=O)cc1)c1cc(Br)ccc1O. The van der Waals surface area contributed by atoms with Gasteiger partial charge in [0.2, 0.25) is 5.91 Å². The molecule has 0 saturated heterocycles. The fourth-order valence-electron chi connectivity index (χ4n) is 3.52. The van der Waals surface area contributed by atoms with Crippen molar-refractivity contribution in [2.24, 2.45) is 0 Å². The number of ether oxygens (including phenoxy) is 2. The molecule has 0 aliphatic rings. The van der Waals surface area contributed by atoms with Crippen LogP contribution >= 0.6 is 15.9 Å². The number of anilines is 3. The number of rotatable bonds is 10. The molecular formula is C28H28BrN3O6. The molecule has 0 aliphatic carbocycles. The Balaban J connectivity index is 1.85. The molecule has 3 rings (SSSR count). The van der Waals surface area contributed by atoms with E-state index in [1.165, 1.54) is 25.1 Å². The molecule has 0 unspecified atom stereocenters. The fraction of sp³-hybridized carbons (Fsp3) is 0.179. The molecule has 0 fully saturated rings. The number of amides is 2. The first-order valence-corrected chi connectivity index (χ1v) is 12.5. The fourth-order valence-corrected chi connectivity index (χ4v) is 3.89. The van der Waals surface area contributed by atoms with Crippen LogP contribution in [0, 0.1) is 0 Å². The summed E-state index contributed by atoms with van der Waals surface area (Å²) in [6.07, 6.45) is -0.210. The summed E-state index contributed by atoms with van der Waals surface area (Å²) in [5.41, 5.74) is 7.91. The molecule has 0 bridgehead atoms. The van der Waals surface area contributed by atoms with Gasteiger partial charge in [-0.1, -0.05) is 28.1 Å². The Kier molecular flexibility index (Phi) is 10.0. The van der Waals surface area contributed by atoms with E-state index in [9.17, 15) is 19.5 Å². The Morgan fingerprint density at radius 1 is 1.05 bits per heavy atom. The molecule has 2 amide bonds. The van der Waals surface area contributed by atoms with Crippen molar-refractivity contribution in [2.75, 3.05) is 23.0 Å². The molecular weight excluding hydrogens is 554 g/mol. The van der Waals surface area contributed by atoms with Crippen LogP contribution in [0.3, 0.4) is 0 Å². The summed E-state index contributed by atoms with van der Waals surface area (Å²) in [5.74, 6) is -0.703. The Bertz CT molecular complexity index is 1330. The summed E-state index contributed by atoms with van der Waals surface area (Å²) in [6, 6.07) is 17.8. The molecule has 198 valence electrons. The van der Waals surface area contributed by atoms with Crippen molar-refractivity contribution in [2.45, 2.75) is 26.1 Å². The molecule has 0 heterocycles. The van der Waals surface area contributed by atoms with Crippen LogP contribution in [0.15, 0.2) is 83.4 Å². The van der Waals surface area contributed by atoms with Crippen LogP contribution in [-0.2, 0) is 14.3 Å². The van der Waals surface area contributed by atoms with Crippen molar-refractivity contribution in [3.05, 3.63) is 94.5 Å². The molecule has 0 aromatic heterocycles. The average Bonchev–Trinajstić information content (AvgIpc) is 2.88. The van der Waals surface area contributed by atoms with Gasteiger partial charge in [0.1, 0.15) is 11.9 Å². The maximum atomic E-state index is 12.9. The first-order valence-electron chi connectivity index (χ1n) is 11.7. The van der Waals surface area contributed by atoms with Gasteiger partial charge in [0.25, 0.3) is 0 Å². The first kappa shape index (κ1) is 28.4. The third-order valence-electron chi connectivity index (χ3n) is 5.38. The van der Waals surface area contributed by atoms with E-state index in [0.29, 0.717) is 27.1 Å². The van der Waals surface area contributed by atoms with Gasteiger partial charge in [0.15, 0.2) is 11.9 Å². The van der Waals surface area contributed by atoms with Gasteiger partial charge in [0.05, 0.1) is 11.4 Å². The van der Waals surface area contributed by atoms with Crippen molar-refractivity contribution in [1.82, 2.24) is 0 Å². The van der Waals surface area contributed by atoms with Crippen LogP contribution in [0.5, 0.6) is 5.75 Å². The minimum absolute atomic E-state index is 0.102. The number of halogens is 1. The zero-order chi connectivity index (χ0) is 27.7. The van der Waals surface area contributed by atoms with E-state index < -0.39 is 24.2 Å². The van der Waals surface area contributed by atoms with Gasteiger partial charge in [0, 0.05) is 34.0 Å². The highest BCUT2D eigenvalue weighted by Crippen LogP contribution is 2.34. The molecule has 3 aromatic carbocycles. The largest absolute Gasteiger partial charge is 0.508 e.